The summed E-state index contributed by atoms with van der Waals surface area (Å²) in [7, 11) is 2.32. The zero-order chi connectivity index (χ0) is 15.3. The maximum absolute atomic E-state index is 9.21. The van der Waals surface area contributed by atoms with Crippen LogP contribution < -0.4 is 10.8 Å². The zero-order valence-electron chi connectivity index (χ0n) is 11.1. The lowest BCUT2D eigenvalue weighted by molar-refractivity contribution is 0.426. The van der Waals surface area contributed by atoms with E-state index >= 15 is 0 Å². The fraction of sp³-hybridized carbons (Fsp3) is 0.364. The van der Waals surface area contributed by atoms with Gasteiger partial charge in [-0.1, -0.05) is 47.2 Å². The Labute approximate surface area is 138 Å². The third-order valence-electron chi connectivity index (χ3n) is 2.37. The highest BCUT2D eigenvalue weighted by Gasteiger charge is 2.18. The highest BCUT2D eigenvalue weighted by atomic mass is 35.5. The maximum atomic E-state index is 9.21. The van der Waals surface area contributed by atoms with Crippen molar-refractivity contribution in [2.75, 3.05) is 31.7 Å². The average molecular weight is 353 g/mol. The summed E-state index contributed by atoms with van der Waals surface area (Å²) in [6.45, 7) is 0.904. The average Bonchev–Trinajstić information content (AvgIpc) is 2.31. The van der Waals surface area contributed by atoms with Gasteiger partial charge in [-0.25, -0.2) is 0 Å². The number of nitrogens with one attached hydrogen (secondary N) is 1. The first-order valence-electron chi connectivity index (χ1n) is 5.75. The molecule has 0 heterocycles. The number of benzene rings is 1. The summed E-state index contributed by atoms with van der Waals surface area (Å²) in [6.07, 6.45) is 0. The molecule has 0 saturated carbocycles. The Morgan fingerprint density at radius 1 is 1.35 bits per heavy atom. The Balaban J connectivity index is 2.72. The first-order chi connectivity index (χ1) is 9.31. The second-order valence-electron chi connectivity index (χ2n) is 4.29. The van der Waals surface area contributed by atoms with Crippen molar-refractivity contribution in [2.24, 2.45) is 0 Å². The molecule has 1 rings (SSSR count). The van der Waals surface area contributed by atoms with E-state index < -0.39 is 7.12 Å². The molecule has 0 aliphatic heterocycles. The van der Waals surface area contributed by atoms with E-state index in [0.29, 0.717) is 15.0 Å². The number of rotatable bonds is 5. The molecule has 0 radical (unpaired) electrons. The van der Waals surface area contributed by atoms with Crippen LogP contribution >= 0.6 is 47.2 Å². The van der Waals surface area contributed by atoms with E-state index in [-0.39, 0.29) is 10.5 Å². The highest BCUT2D eigenvalue weighted by molar-refractivity contribution is 8.23. The minimum atomic E-state index is -1.66. The SMILES string of the molecule is CN(C)CCSC(=S)Nc1cc(B(O)O)c(Cl)cc1Cl. The van der Waals surface area contributed by atoms with Crippen molar-refractivity contribution >= 4 is 69.8 Å². The molecule has 1 aromatic rings. The molecule has 110 valence electrons. The van der Waals surface area contributed by atoms with Gasteiger partial charge in [-0.15, -0.1) is 0 Å². The lowest BCUT2D eigenvalue weighted by Crippen LogP contribution is -2.31. The molecule has 20 heavy (non-hydrogen) atoms. The molecule has 0 aromatic heterocycles. The summed E-state index contributed by atoms with van der Waals surface area (Å²) in [5, 5.41) is 22.0. The van der Waals surface area contributed by atoms with Gasteiger partial charge in [0.2, 0.25) is 0 Å². The van der Waals surface area contributed by atoms with E-state index in [1.54, 1.807) is 0 Å². The number of halogens is 2. The van der Waals surface area contributed by atoms with Crippen molar-refractivity contribution in [1.29, 1.82) is 0 Å². The van der Waals surface area contributed by atoms with Gasteiger partial charge in [-0.2, -0.15) is 0 Å². The normalized spacial score (nSPS) is 10.8. The smallest absolute Gasteiger partial charge is 0.423 e. The van der Waals surface area contributed by atoms with E-state index in [9.17, 15) is 10.0 Å². The van der Waals surface area contributed by atoms with Gasteiger partial charge in [0.1, 0.15) is 4.32 Å². The lowest BCUT2D eigenvalue weighted by Gasteiger charge is -2.13. The van der Waals surface area contributed by atoms with Crippen molar-refractivity contribution < 1.29 is 10.0 Å². The number of nitrogens with zero attached hydrogens (tertiary/aromatic N) is 1. The van der Waals surface area contributed by atoms with Crippen LogP contribution in [-0.4, -0.2) is 52.8 Å². The summed E-state index contributed by atoms with van der Waals surface area (Å²) < 4.78 is 0.564. The van der Waals surface area contributed by atoms with Crippen LogP contribution in [0.1, 0.15) is 0 Å². The summed E-state index contributed by atoms with van der Waals surface area (Å²) >= 11 is 18.6. The Bertz CT molecular complexity index is 490. The monoisotopic (exact) mass is 352 g/mol. The molecule has 0 unspecified atom stereocenters. The van der Waals surface area contributed by atoms with Crippen molar-refractivity contribution in [3.63, 3.8) is 0 Å². The van der Waals surface area contributed by atoms with Crippen LogP contribution in [0.4, 0.5) is 5.69 Å². The number of hydrogen-bond donors (Lipinski definition) is 3. The maximum Gasteiger partial charge on any atom is 0.490 e. The van der Waals surface area contributed by atoms with Crippen LogP contribution in [0.5, 0.6) is 0 Å². The predicted molar refractivity (Wildman–Crippen MR) is 93.5 cm³/mol. The Morgan fingerprint density at radius 3 is 2.55 bits per heavy atom. The molecule has 0 aliphatic carbocycles. The molecule has 0 atom stereocenters. The predicted octanol–water partition coefficient (Wildman–Crippen LogP) is 1.66. The van der Waals surface area contributed by atoms with E-state index in [4.69, 9.17) is 35.4 Å². The summed E-state index contributed by atoms with van der Waals surface area (Å²) in [4.78, 5) is 2.06. The molecule has 9 heteroatoms. The van der Waals surface area contributed by atoms with Gasteiger partial charge < -0.3 is 20.3 Å². The van der Waals surface area contributed by atoms with Crippen molar-refractivity contribution in [3.8, 4) is 0 Å². The van der Waals surface area contributed by atoms with Crippen LogP contribution in [0.3, 0.4) is 0 Å². The number of anilines is 1. The molecular formula is C11H15BCl2N2O2S2. The number of hydrogen-bond acceptors (Lipinski definition) is 5. The minimum Gasteiger partial charge on any atom is -0.423 e. The third kappa shape index (κ3) is 5.77. The van der Waals surface area contributed by atoms with Gasteiger partial charge in [-0.05, 0) is 26.2 Å². The molecule has 0 fully saturated rings. The topological polar surface area (TPSA) is 55.7 Å². The first kappa shape index (κ1) is 18.0. The third-order valence-corrected chi connectivity index (χ3v) is 4.22. The summed E-state index contributed by atoms with van der Waals surface area (Å²) in [6, 6.07) is 2.93. The van der Waals surface area contributed by atoms with Gasteiger partial charge in [0.15, 0.2) is 0 Å². The molecule has 0 saturated heterocycles. The molecule has 0 aliphatic rings. The van der Waals surface area contributed by atoms with Gasteiger partial charge in [-0.3, -0.25) is 0 Å². The number of thioether (sulfide) groups is 1. The lowest BCUT2D eigenvalue weighted by atomic mass is 9.80. The summed E-state index contributed by atoms with van der Waals surface area (Å²) in [5.74, 6) is 0.847. The summed E-state index contributed by atoms with van der Waals surface area (Å²) in [5.41, 5.74) is 0.682. The molecule has 4 nitrogen and oxygen atoms in total. The first-order valence-corrected chi connectivity index (χ1v) is 7.90. The minimum absolute atomic E-state index is 0.180. The largest absolute Gasteiger partial charge is 0.490 e. The van der Waals surface area contributed by atoms with Gasteiger partial charge >= 0.3 is 7.12 Å². The number of thiocarbonyl (C=S) groups is 1. The molecule has 0 spiro atoms. The highest BCUT2D eigenvalue weighted by Crippen LogP contribution is 2.25. The standard InChI is InChI=1S/C11H15BCl2N2O2S2/c1-16(2)3-4-20-11(19)15-10-5-7(12(17)18)8(13)6-9(10)14/h5-6,17-18H,3-4H2,1-2H3,(H,15,19). The van der Waals surface area contributed by atoms with Gasteiger partial charge in [0.25, 0.3) is 0 Å². The Morgan fingerprint density at radius 2 is 2.00 bits per heavy atom. The van der Waals surface area contributed by atoms with Crippen molar-refractivity contribution in [3.05, 3.63) is 22.2 Å². The second-order valence-corrected chi connectivity index (χ2v) is 6.88. The van der Waals surface area contributed by atoms with Crippen molar-refractivity contribution in [1.82, 2.24) is 4.90 Å². The fourth-order valence-electron chi connectivity index (χ4n) is 1.33. The van der Waals surface area contributed by atoms with Crippen LogP contribution in [0.25, 0.3) is 0 Å². The van der Waals surface area contributed by atoms with Crippen LogP contribution in [0, 0.1) is 0 Å². The molecule has 1 aromatic carbocycles. The van der Waals surface area contributed by atoms with Gasteiger partial charge in [0.05, 0.1) is 10.7 Å². The zero-order valence-corrected chi connectivity index (χ0v) is 14.2. The fourth-order valence-corrected chi connectivity index (χ4v) is 3.04. The molecule has 0 amide bonds. The quantitative estimate of drug-likeness (QED) is 0.553. The van der Waals surface area contributed by atoms with E-state index in [1.807, 2.05) is 14.1 Å². The van der Waals surface area contributed by atoms with Gasteiger partial charge in [0, 0.05) is 22.8 Å². The van der Waals surface area contributed by atoms with E-state index in [2.05, 4.69) is 10.2 Å². The van der Waals surface area contributed by atoms with Crippen LogP contribution in [-0.2, 0) is 0 Å². The van der Waals surface area contributed by atoms with E-state index in [0.717, 1.165) is 12.3 Å². The Hall–Kier alpha value is -0.0151. The molecule has 3 N–H and O–H groups in total. The molecular weight excluding hydrogens is 338 g/mol. The van der Waals surface area contributed by atoms with Crippen LogP contribution in [0.15, 0.2) is 12.1 Å². The molecule has 0 bridgehead atoms. The van der Waals surface area contributed by atoms with Crippen LogP contribution in [0.2, 0.25) is 10.0 Å². The Kier molecular flexibility index (Phi) is 7.60. The second kappa shape index (κ2) is 8.43. The van der Waals surface area contributed by atoms with E-state index in [1.165, 1.54) is 23.9 Å². The van der Waals surface area contributed by atoms with Crippen molar-refractivity contribution in [2.45, 2.75) is 0 Å².